The molecule has 2 aliphatic heterocycles. The molecule has 0 bridgehead atoms. The molecule has 2 aromatic rings. The monoisotopic (exact) mass is 371 g/mol. The molecule has 2 saturated heterocycles. The van der Waals surface area contributed by atoms with Gasteiger partial charge in [-0.25, -0.2) is 4.98 Å². The van der Waals surface area contributed by atoms with E-state index in [1.165, 1.54) is 6.42 Å². The number of fused-ring (bicyclic) bond motifs is 1. The lowest BCUT2D eigenvalue weighted by atomic mass is 10.00. The summed E-state index contributed by atoms with van der Waals surface area (Å²) in [7, 11) is 0. The van der Waals surface area contributed by atoms with Crippen molar-refractivity contribution in [2.24, 2.45) is 5.92 Å². The summed E-state index contributed by atoms with van der Waals surface area (Å²) in [6.45, 7) is 5.58. The highest BCUT2D eigenvalue weighted by Crippen LogP contribution is 2.26. The number of pyridine rings is 1. The lowest BCUT2D eigenvalue weighted by Crippen LogP contribution is -2.39. The molecule has 0 saturated carbocycles. The first-order valence-corrected chi connectivity index (χ1v) is 10.1. The zero-order valence-corrected chi connectivity index (χ0v) is 16.0. The van der Waals surface area contributed by atoms with Crippen LogP contribution < -0.4 is 5.32 Å². The number of carbonyl (C=O) groups is 1. The number of aromatic amines is 1. The van der Waals surface area contributed by atoms with Crippen molar-refractivity contribution in [2.45, 2.75) is 51.5 Å². The van der Waals surface area contributed by atoms with Crippen LogP contribution >= 0.6 is 0 Å². The number of nitrogens with one attached hydrogen (secondary N) is 2. The zero-order valence-electron chi connectivity index (χ0n) is 16.0. The van der Waals surface area contributed by atoms with Crippen LogP contribution in [0.4, 0.5) is 5.82 Å². The topological polar surface area (TPSA) is 83.1 Å². The third kappa shape index (κ3) is 4.24. The lowest BCUT2D eigenvalue weighted by molar-refractivity contribution is -0.132. The van der Waals surface area contributed by atoms with Gasteiger partial charge < -0.3 is 15.0 Å². The molecule has 1 atom stereocenters. The summed E-state index contributed by atoms with van der Waals surface area (Å²) >= 11 is 0. The highest BCUT2D eigenvalue weighted by atomic mass is 16.5. The molecule has 2 fully saturated rings. The van der Waals surface area contributed by atoms with Gasteiger partial charge in [-0.05, 0) is 44.1 Å². The number of likely N-dealkylation sites (tertiary alicyclic amines) is 1. The van der Waals surface area contributed by atoms with Gasteiger partial charge in [0.1, 0.15) is 5.82 Å². The Morgan fingerprint density at radius 1 is 1.37 bits per heavy atom. The summed E-state index contributed by atoms with van der Waals surface area (Å²) < 4.78 is 5.44. The van der Waals surface area contributed by atoms with Crippen LogP contribution in [0.2, 0.25) is 0 Å². The molecule has 1 amide bonds. The van der Waals surface area contributed by atoms with E-state index in [2.05, 4.69) is 27.4 Å². The van der Waals surface area contributed by atoms with Gasteiger partial charge in [-0.2, -0.15) is 5.10 Å². The third-order valence-electron chi connectivity index (χ3n) is 5.70. The standard InChI is InChI=1S/C20H29N5O2/c1-14-3-2-10-25(13-14)18(26)5-4-16-19-17(24-23-16)6-9-21-20(19)22-15-7-11-27-12-8-15/h6,9,14-15H,2-5,7-8,10-13H2,1H3,(H,21,22)(H,23,24). The summed E-state index contributed by atoms with van der Waals surface area (Å²) in [5, 5.41) is 12.1. The van der Waals surface area contributed by atoms with Crippen LogP contribution in [-0.4, -0.2) is 58.3 Å². The second-order valence-electron chi connectivity index (χ2n) is 7.87. The molecule has 146 valence electrons. The molecule has 1 unspecified atom stereocenters. The van der Waals surface area contributed by atoms with Crippen molar-refractivity contribution in [3.63, 3.8) is 0 Å². The predicted octanol–water partition coefficient (Wildman–Crippen LogP) is 2.74. The third-order valence-corrected chi connectivity index (χ3v) is 5.70. The van der Waals surface area contributed by atoms with Crippen LogP contribution in [0.5, 0.6) is 0 Å². The fourth-order valence-corrected chi connectivity index (χ4v) is 4.16. The normalized spacial score (nSPS) is 21.5. The van der Waals surface area contributed by atoms with Crippen molar-refractivity contribution < 1.29 is 9.53 Å². The molecule has 2 aromatic heterocycles. The number of piperidine rings is 1. The number of H-pyrrole nitrogens is 1. The minimum atomic E-state index is 0.243. The van der Waals surface area contributed by atoms with Gasteiger partial charge in [0, 0.05) is 50.7 Å². The van der Waals surface area contributed by atoms with E-state index in [1.54, 1.807) is 6.20 Å². The molecule has 0 radical (unpaired) electrons. The van der Waals surface area contributed by atoms with Crippen LogP contribution in [-0.2, 0) is 16.0 Å². The summed E-state index contributed by atoms with van der Waals surface area (Å²) in [5.74, 6) is 1.71. The molecule has 4 heterocycles. The summed E-state index contributed by atoms with van der Waals surface area (Å²) in [6, 6.07) is 2.29. The fraction of sp³-hybridized carbons (Fsp3) is 0.650. The molecule has 7 heteroatoms. The first-order chi connectivity index (χ1) is 13.2. The second-order valence-corrected chi connectivity index (χ2v) is 7.87. The number of nitrogens with zero attached hydrogens (tertiary/aromatic N) is 3. The number of amides is 1. The highest BCUT2D eigenvalue weighted by Gasteiger charge is 2.22. The van der Waals surface area contributed by atoms with Gasteiger partial charge in [-0.3, -0.25) is 9.89 Å². The lowest BCUT2D eigenvalue weighted by Gasteiger charge is -2.31. The first kappa shape index (κ1) is 18.2. The van der Waals surface area contributed by atoms with E-state index in [0.717, 1.165) is 68.0 Å². The number of rotatable bonds is 5. The molecule has 0 aliphatic carbocycles. The number of ether oxygens (including phenoxy) is 1. The maximum atomic E-state index is 12.6. The molecular weight excluding hydrogens is 342 g/mol. The zero-order chi connectivity index (χ0) is 18.6. The Labute approximate surface area is 159 Å². The van der Waals surface area contributed by atoms with E-state index in [9.17, 15) is 4.79 Å². The van der Waals surface area contributed by atoms with Gasteiger partial charge in [0.15, 0.2) is 0 Å². The summed E-state index contributed by atoms with van der Waals surface area (Å²) in [4.78, 5) is 19.2. The number of anilines is 1. The highest BCUT2D eigenvalue weighted by molar-refractivity contribution is 5.92. The van der Waals surface area contributed by atoms with Gasteiger partial charge in [0.25, 0.3) is 0 Å². The second kappa shape index (κ2) is 8.25. The Hall–Kier alpha value is -2.15. The molecule has 2 N–H and O–H groups in total. The van der Waals surface area contributed by atoms with Crippen LogP contribution in [0.25, 0.3) is 10.9 Å². The molecule has 2 aliphatic rings. The molecule has 0 aromatic carbocycles. The minimum Gasteiger partial charge on any atom is -0.381 e. The smallest absolute Gasteiger partial charge is 0.222 e. The van der Waals surface area contributed by atoms with Gasteiger partial charge in [-0.1, -0.05) is 6.92 Å². The van der Waals surface area contributed by atoms with E-state index >= 15 is 0 Å². The van der Waals surface area contributed by atoms with Gasteiger partial charge in [0.2, 0.25) is 5.91 Å². The molecule has 4 rings (SSSR count). The number of hydrogen-bond donors (Lipinski definition) is 2. The van der Waals surface area contributed by atoms with E-state index < -0.39 is 0 Å². The van der Waals surface area contributed by atoms with Crippen molar-refractivity contribution in [3.05, 3.63) is 18.0 Å². The summed E-state index contributed by atoms with van der Waals surface area (Å²) in [5.41, 5.74) is 1.89. The van der Waals surface area contributed by atoms with Gasteiger partial charge in [-0.15, -0.1) is 0 Å². The van der Waals surface area contributed by atoms with Crippen molar-refractivity contribution in [3.8, 4) is 0 Å². The van der Waals surface area contributed by atoms with Crippen LogP contribution in [0.15, 0.2) is 12.3 Å². The average Bonchev–Trinajstić information content (AvgIpc) is 3.11. The average molecular weight is 371 g/mol. The Bertz CT molecular complexity index is 784. The predicted molar refractivity (Wildman–Crippen MR) is 105 cm³/mol. The quantitative estimate of drug-likeness (QED) is 0.844. The van der Waals surface area contributed by atoms with Crippen molar-refractivity contribution in [2.75, 3.05) is 31.6 Å². The molecular formula is C20H29N5O2. The van der Waals surface area contributed by atoms with Crippen molar-refractivity contribution in [1.82, 2.24) is 20.1 Å². The summed E-state index contributed by atoms with van der Waals surface area (Å²) in [6.07, 6.45) is 7.26. The Balaban J connectivity index is 1.46. The molecule has 7 nitrogen and oxygen atoms in total. The van der Waals surface area contributed by atoms with Gasteiger partial charge in [0.05, 0.1) is 10.9 Å². The largest absolute Gasteiger partial charge is 0.381 e. The van der Waals surface area contributed by atoms with Crippen LogP contribution in [0, 0.1) is 5.92 Å². The molecule has 27 heavy (non-hydrogen) atoms. The minimum absolute atomic E-state index is 0.243. The fourth-order valence-electron chi connectivity index (χ4n) is 4.16. The van der Waals surface area contributed by atoms with E-state index in [-0.39, 0.29) is 5.91 Å². The van der Waals surface area contributed by atoms with Crippen molar-refractivity contribution >= 4 is 22.6 Å². The number of aryl methyl sites for hydroxylation is 1. The number of carbonyl (C=O) groups excluding carboxylic acids is 1. The Morgan fingerprint density at radius 2 is 2.22 bits per heavy atom. The van der Waals surface area contributed by atoms with Crippen LogP contribution in [0.1, 0.15) is 44.7 Å². The van der Waals surface area contributed by atoms with Crippen LogP contribution in [0.3, 0.4) is 0 Å². The van der Waals surface area contributed by atoms with E-state index in [4.69, 9.17) is 4.74 Å². The van der Waals surface area contributed by atoms with E-state index in [0.29, 0.717) is 24.8 Å². The SMILES string of the molecule is CC1CCCN(C(=O)CCc2[nH]nc3ccnc(NC4CCOCC4)c23)C1. The molecule has 0 spiro atoms. The first-order valence-electron chi connectivity index (χ1n) is 10.1. The Kier molecular flexibility index (Phi) is 5.57. The maximum Gasteiger partial charge on any atom is 0.222 e. The number of aromatic nitrogens is 3. The van der Waals surface area contributed by atoms with Gasteiger partial charge >= 0.3 is 0 Å². The maximum absolute atomic E-state index is 12.6. The number of hydrogen-bond acceptors (Lipinski definition) is 5. The van der Waals surface area contributed by atoms with E-state index in [1.807, 2.05) is 11.0 Å². The van der Waals surface area contributed by atoms with Crippen molar-refractivity contribution in [1.29, 1.82) is 0 Å². The Morgan fingerprint density at radius 3 is 3.04 bits per heavy atom.